The number of para-hydroxylation sites is 1. The molecule has 3 nitrogen and oxygen atoms in total. The van der Waals surface area contributed by atoms with Crippen LogP contribution < -0.4 is 4.90 Å². The number of carbonyl (C=O) groups excluding carboxylic acids is 1. The van der Waals surface area contributed by atoms with Crippen LogP contribution in [0.5, 0.6) is 0 Å². The van der Waals surface area contributed by atoms with E-state index in [1.54, 1.807) is 30.0 Å². The van der Waals surface area contributed by atoms with Crippen molar-refractivity contribution in [3.63, 3.8) is 0 Å². The number of nitrogens with zero attached hydrogens (tertiary/aromatic N) is 1. The lowest BCUT2D eigenvalue weighted by Gasteiger charge is -2.38. The van der Waals surface area contributed by atoms with Crippen molar-refractivity contribution in [3.05, 3.63) is 65.5 Å². The van der Waals surface area contributed by atoms with E-state index in [-0.39, 0.29) is 18.1 Å². The molecule has 0 spiro atoms. The van der Waals surface area contributed by atoms with Crippen LogP contribution in [0, 0.1) is 5.82 Å². The minimum Gasteiger partial charge on any atom is -0.385 e. The maximum atomic E-state index is 13.7. The molecule has 0 fully saturated rings. The van der Waals surface area contributed by atoms with Crippen LogP contribution >= 0.6 is 0 Å². The van der Waals surface area contributed by atoms with Gasteiger partial charge in [-0.2, -0.15) is 0 Å². The lowest BCUT2D eigenvalue weighted by Crippen LogP contribution is -2.42. The Hall–Kier alpha value is -2.20. The molecule has 114 valence electrons. The van der Waals surface area contributed by atoms with Gasteiger partial charge in [-0.05, 0) is 31.0 Å². The molecule has 22 heavy (non-hydrogen) atoms. The van der Waals surface area contributed by atoms with E-state index in [1.165, 1.54) is 6.07 Å². The molecular weight excluding hydrogens is 281 g/mol. The van der Waals surface area contributed by atoms with Gasteiger partial charge in [-0.1, -0.05) is 36.4 Å². The first-order valence-corrected chi connectivity index (χ1v) is 7.35. The van der Waals surface area contributed by atoms with Crippen LogP contribution in [0.25, 0.3) is 0 Å². The van der Waals surface area contributed by atoms with Crippen molar-refractivity contribution in [1.29, 1.82) is 0 Å². The molecule has 1 aliphatic rings. The first kappa shape index (κ1) is 14.7. The van der Waals surface area contributed by atoms with E-state index in [0.717, 1.165) is 5.56 Å². The number of anilines is 1. The summed E-state index contributed by atoms with van der Waals surface area (Å²) in [5.41, 5.74) is 0.899. The predicted octanol–water partition coefficient (Wildman–Crippen LogP) is 3.01. The predicted molar refractivity (Wildman–Crippen MR) is 83.1 cm³/mol. The van der Waals surface area contributed by atoms with Gasteiger partial charge in [0, 0.05) is 17.8 Å². The number of aliphatic hydroxyl groups is 1. The Morgan fingerprint density at radius 2 is 1.91 bits per heavy atom. The smallest absolute Gasteiger partial charge is 0.231 e. The Morgan fingerprint density at radius 1 is 1.23 bits per heavy atom. The molecule has 2 aromatic carbocycles. The second-order valence-electron chi connectivity index (χ2n) is 5.85. The van der Waals surface area contributed by atoms with Gasteiger partial charge in [-0.15, -0.1) is 0 Å². The number of hydrogen-bond acceptors (Lipinski definition) is 2. The molecule has 1 amide bonds. The molecule has 0 aliphatic carbocycles. The summed E-state index contributed by atoms with van der Waals surface area (Å²) in [5.74, 6) is -0.527. The standard InChI is InChI=1S/C18H18FNO2/c1-18(22)10-11-20(16-9-5-3-7-14(16)18)17(21)12-13-6-2-4-8-15(13)19/h2-9,22H,10-12H2,1H3. The largest absolute Gasteiger partial charge is 0.385 e. The summed E-state index contributed by atoms with van der Waals surface area (Å²) >= 11 is 0. The summed E-state index contributed by atoms with van der Waals surface area (Å²) < 4.78 is 13.7. The Labute approximate surface area is 129 Å². The van der Waals surface area contributed by atoms with Gasteiger partial charge in [0.15, 0.2) is 0 Å². The van der Waals surface area contributed by atoms with Crippen LogP contribution in [-0.4, -0.2) is 17.6 Å². The lowest BCUT2D eigenvalue weighted by molar-refractivity contribution is -0.118. The molecule has 0 saturated carbocycles. The second-order valence-corrected chi connectivity index (χ2v) is 5.85. The van der Waals surface area contributed by atoms with E-state index in [9.17, 15) is 14.3 Å². The highest BCUT2D eigenvalue weighted by molar-refractivity contribution is 5.96. The molecule has 1 heterocycles. The summed E-state index contributed by atoms with van der Waals surface area (Å²) in [7, 11) is 0. The van der Waals surface area contributed by atoms with Gasteiger partial charge >= 0.3 is 0 Å². The first-order chi connectivity index (χ1) is 10.5. The minimum absolute atomic E-state index is 0.0170. The minimum atomic E-state index is -0.939. The van der Waals surface area contributed by atoms with Gasteiger partial charge in [0.1, 0.15) is 5.82 Å². The molecule has 1 unspecified atom stereocenters. The monoisotopic (exact) mass is 299 g/mol. The van der Waals surface area contributed by atoms with Crippen molar-refractivity contribution in [2.24, 2.45) is 0 Å². The van der Waals surface area contributed by atoms with Crippen LogP contribution in [0.4, 0.5) is 10.1 Å². The summed E-state index contributed by atoms with van der Waals surface area (Å²) in [4.78, 5) is 14.2. The molecular formula is C18H18FNO2. The molecule has 3 rings (SSSR count). The van der Waals surface area contributed by atoms with Crippen molar-refractivity contribution < 1.29 is 14.3 Å². The summed E-state index contributed by atoms with van der Waals surface area (Å²) in [6.07, 6.45) is 0.482. The fourth-order valence-electron chi connectivity index (χ4n) is 2.91. The van der Waals surface area contributed by atoms with E-state index in [4.69, 9.17) is 0 Å². The summed E-state index contributed by atoms with van der Waals surface area (Å²) in [6.45, 7) is 2.18. The highest BCUT2D eigenvalue weighted by atomic mass is 19.1. The van der Waals surface area contributed by atoms with E-state index in [0.29, 0.717) is 24.2 Å². The number of rotatable bonds is 2. The average Bonchev–Trinajstić information content (AvgIpc) is 2.50. The van der Waals surface area contributed by atoms with Gasteiger partial charge < -0.3 is 10.0 Å². The molecule has 0 aromatic heterocycles. The number of carbonyl (C=O) groups is 1. The molecule has 4 heteroatoms. The van der Waals surface area contributed by atoms with Gasteiger partial charge in [0.25, 0.3) is 0 Å². The number of halogens is 1. The third-order valence-electron chi connectivity index (χ3n) is 4.20. The zero-order valence-electron chi connectivity index (χ0n) is 12.4. The van der Waals surface area contributed by atoms with Crippen molar-refractivity contribution >= 4 is 11.6 Å². The zero-order chi connectivity index (χ0) is 15.7. The van der Waals surface area contributed by atoms with Crippen LogP contribution in [-0.2, 0) is 16.8 Å². The first-order valence-electron chi connectivity index (χ1n) is 7.35. The molecule has 0 bridgehead atoms. The molecule has 0 saturated heterocycles. The quantitative estimate of drug-likeness (QED) is 0.926. The van der Waals surface area contributed by atoms with Crippen LogP contribution in [0.2, 0.25) is 0 Å². The van der Waals surface area contributed by atoms with Crippen molar-refractivity contribution in [1.82, 2.24) is 0 Å². The second kappa shape index (κ2) is 5.54. The third-order valence-corrected chi connectivity index (χ3v) is 4.20. The third kappa shape index (κ3) is 2.62. The number of amides is 1. The highest BCUT2D eigenvalue weighted by Crippen LogP contribution is 2.38. The van der Waals surface area contributed by atoms with Crippen LogP contribution in [0.15, 0.2) is 48.5 Å². The molecule has 0 radical (unpaired) electrons. The maximum Gasteiger partial charge on any atom is 0.231 e. The Morgan fingerprint density at radius 3 is 2.68 bits per heavy atom. The van der Waals surface area contributed by atoms with Crippen molar-refractivity contribution in [3.8, 4) is 0 Å². The van der Waals surface area contributed by atoms with E-state index in [2.05, 4.69) is 0 Å². The Bertz CT molecular complexity index is 712. The van der Waals surface area contributed by atoms with Gasteiger partial charge in [0.05, 0.1) is 12.0 Å². The molecule has 1 aliphatic heterocycles. The van der Waals surface area contributed by atoms with Gasteiger partial charge in [-0.25, -0.2) is 4.39 Å². The maximum absolute atomic E-state index is 13.7. The summed E-state index contributed by atoms with van der Waals surface area (Å²) in [6, 6.07) is 13.6. The Balaban J connectivity index is 1.90. The molecule has 1 atom stereocenters. The van der Waals surface area contributed by atoms with Gasteiger partial charge in [-0.3, -0.25) is 4.79 Å². The zero-order valence-corrected chi connectivity index (χ0v) is 12.4. The molecule has 1 N–H and O–H groups in total. The Kier molecular flexibility index (Phi) is 3.71. The fourth-order valence-corrected chi connectivity index (χ4v) is 2.91. The lowest BCUT2D eigenvalue weighted by atomic mass is 9.87. The van der Waals surface area contributed by atoms with Crippen molar-refractivity contribution in [2.75, 3.05) is 11.4 Å². The summed E-state index contributed by atoms with van der Waals surface area (Å²) in [5, 5.41) is 10.5. The van der Waals surface area contributed by atoms with E-state index < -0.39 is 5.60 Å². The number of fused-ring (bicyclic) bond motifs is 1. The normalized spacial score (nSPS) is 20.6. The topological polar surface area (TPSA) is 40.5 Å². The van der Waals surface area contributed by atoms with E-state index in [1.807, 2.05) is 24.3 Å². The average molecular weight is 299 g/mol. The molecule has 2 aromatic rings. The number of hydrogen-bond donors (Lipinski definition) is 1. The van der Waals surface area contributed by atoms with Crippen LogP contribution in [0.1, 0.15) is 24.5 Å². The van der Waals surface area contributed by atoms with Gasteiger partial charge in [0.2, 0.25) is 5.91 Å². The highest BCUT2D eigenvalue weighted by Gasteiger charge is 2.35. The van der Waals surface area contributed by atoms with E-state index >= 15 is 0 Å². The van der Waals surface area contributed by atoms with Crippen LogP contribution in [0.3, 0.4) is 0 Å². The fraction of sp³-hybridized carbons (Fsp3) is 0.278. The number of benzene rings is 2. The van der Waals surface area contributed by atoms with Crippen molar-refractivity contribution in [2.45, 2.75) is 25.4 Å². The SMILES string of the molecule is CC1(O)CCN(C(=O)Cc2ccccc2F)c2ccccc21.